The molecule has 1 aliphatic carbocycles. The third-order valence-electron chi connectivity index (χ3n) is 5.43. The molecule has 1 aliphatic heterocycles. The van der Waals surface area contributed by atoms with E-state index in [0.717, 1.165) is 24.2 Å². The minimum Gasteiger partial charge on any atom is -0.507 e. The Morgan fingerprint density at radius 2 is 2.05 bits per heavy atom. The lowest BCUT2D eigenvalue weighted by atomic mass is 9.59. The topological polar surface area (TPSA) is 47.9 Å². The smallest absolute Gasteiger partial charge is 0.188 e. The summed E-state index contributed by atoms with van der Waals surface area (Å²) in [6, 6.07) is 3.52. The Hall–Kier alpha value is -1.42. The van der Waals surface area contributed by atoms with Crippen LogP contribution in [0.2, 0.25) is 0 Å². The maximum absolute atomic E-state index is 10.4. The number of rotatable bonds is 3. The number of hydrogen-bond acceptors (Lipinski definition) is 4. The van der Waals surface area contributed by atoms with Crippen LogP contribution >= 0.6 is 0 Å². The number of phenolic OH excluding ortho intramolecular Hbond substituents is 1. The lowest BCUT2D eigenvalue weighted by Crippen LogP contribution is -2.53. The Morgan fingerprint density at radius 3 is 2.77 bits per heavy atom. The molecular formula is C18H26O4. The lowest BCUT2D eigenvalue weighted by Gasteiger charge is -2.53. The van der Waals surface area contributed by atoms with E-state index in [4.69, 9.17) is 14.2 Å². The third kappa shape index (κ3) is 2.54. The Labute approximate surface area is 132 Å². The van der Waals surface area contributed by atoms with Crippen LogP contribution in [-0.4, -0.2) is 24.6 Å². The summed E-state index contributed by atoms with van der Waals surface area (Å²) in [5, 5.41) is 10.4. The van der Waals surface area contributed by atoms with Crippen molar-refractivity contribution in [1.29, 1.82) is 0 Å². The quantitative estimate of drug-likeness (QED) is 0.861. The number of benzene rings is 1. The Kier molecular flexibility index (Phi) is 3.76. The molecule has 0 radical (unpaired) electrons. The van der Waals surface area contributed by atoms with E-state index in [9.17, 15) is 5.11 Å². The summed E-state index contributed by atoms with van der Waals surface area (Å²) in [7, 11) is 1.57. The SMILES string of the molecule is COCOc1cc(O)c2c(c1)O[C@]1(C)CCCC(C)(C)[C@H]1C2. The van der Waals surface area contributed by atoms with Gasteiger partial charge in [-0.05, 0) is 38.0 Å². The molecular weight excluding hydrogens is 280 g/mol. The fraction of sp³-hybridized carbons (Fsp3) is 0.667. The van der Waals surface area contributed by atoms with Crippen LogP contribution in [0.25, 0.3) is 0 Å². The van der Waals surface area contributed by atoms with Gasteiger partial charge in [0, 0.05) is 30.7 Å². The molecule has 22 heavy (non-hydrogen) atoms. The molecule has 0 aromatic heterocycles. The normalized spacial score (nSPS) is 29.2. The molecule has 2 aliphatic rings. The molecule has 3 rings (SSSR count). The second-order valence-electron chi connectivity index (χ2n) is 7.48. The molecule has 0 saturated heterocycles. The average molecular weight is 306 g/mol. The first-order chi connectivity index (χ1) is 10.4. The van der Waals surface area contributed by atoms with Crippen LogP contribution in [0.4, 0.5) is 0 Å². The van der Waals surface area contributed by atoms with E-state index in [2.05, 4.69) is 20.8 Å². The van der Waals surface area contributed by atoms with Gasteiger partial charge >= 0.3 is 0 Å². The number of hydrogen-bond donors (Lipinski definition) is 1. The highest BCUT2D eigenvalue weighted by molar-refractivity contribution is 5.52. The van der Waals surface area contributed by atoms with E-state index in [1.807, 2.05) is 6.07 Å². The summed E-state index contributed by atoms with van der Waals surface area (Å²) < 4.78 is 16.7. The Balaban J connectivity index is 1.96. The second-order valence-corrected chi connectivity index (χ2v) is 7.48. The molecule has 0 amide bonds. The highest BCUT2D eigenvalue weighted by Crippen LogP contribution is 2.54. The van der Waals surface area contributed by atoms with E-state index in [-0.39, 0.29) is 23.6 Å². The number of ether oxygens (including phenoxy) is 3. The first kappa shape index (κ1) is 15.5. The first-order valence-electron chi connectivity index (χ1n) is 8.02. The zero-order valence-electron chi connectivity index (χ0n) is 13.9. The van der Waals surface area contributed by atoms with Crippen LogP contribution in [0.5, 0.6) is 17.2 Å². The van der Waals surface area contributed by atoms with Gasteiger partial charge in [-0.3, -0.25) is 0 Å². The standard InChI is InChI=1S/C18H26O4/c1-17(2)6-5-7-18(3)16(17)10-13-14(19)8-12(21-11-20-4)9-15(13)22-18/h8-9,16,19H,5-7,10-11H2,1-4H3/t16-,18-/m1/s1. The van der Waals surface area contributed by atoms with Crippen LogP contribution in [0.1, 0.15) is 45.6 Å². The molecule has 1 heterocycles. The van der Waals surface area contributed by atoms with Gasteiger partial charge in [0.1, 0.15) is 22.8 Å². The van der Waals surface area contributed by atoms with Crippen molar-refractivity contribution in [3.05, 3.63) is 17.7 Å². The van der Waals surface area contributed by atoms with Gasteiger partial charge in [0.25, 0.3) is 0 Å². The van der Waals surface area contributed by atoms with Crippen LogP contribution < -0.4 is 9.47 Å². The molecule has 122 valence electrons. The Morgan fingerprint density at radius 1 is 1.27 bits per heavy atom. The van der Waals surface area contributed by atoms with Gasteiger partial charge in [0.2, 0.25) is 0 Å². The van der Waals surface area contributed by atoms with Crippen molar-refractivity contribution < 1.29 is 19.3 Å². The van der Waals surface area contributed by atoms with Crippen molar-refractivity contribution >= 4 is 0 Å². The van der Waals surface area contributed by atoms with E-state index in [0.29, 0.717) is 11.7 Å². The maximum Gasteiger partial charge on any atom is 0.188 e. The minimum absolute atomic E-state index is 0.158. The van der Waals surface area contributed by atoms with Gasteiger partial charge in [0.15, 0.2) is 6.79 Å². The molecule has 2 atom stereocenters. The number of methoxy groups -OCH3 is 1. The van der Waals surface area contributed by atoms with Crippen molar-refractivity contribution in [2.45, 2.75) is 52.1 Å². The van der Waals surface area contributed by atoms with Crippen LogP contribution in [0.3, 0.4) is 0 Å². The van der Waals surface area contributed by atoms with Gasteiger partial charge in [-0.25, -0.2) is 0 Å². The molecule has 0 spiro atoms. The van der Waals surface area contributed by atoms with Gasteiger partial charge in [0.05, 0.1) is 0 Å². The zero-order chi connectivity index (χ0) is 16.0. The van der Waals surface area contributed by atoms with Gasteiger partial charge < -0.3 is 19.3 Å². The van der Waals surface area contributed by atoms with E-state index in [1.165, 1.54) is 12.8 Å². The molecule has 4 nitrogen and oxygen atoms in total. The summed E-state index contributed by atoms with van der Waals surface area (Å²) in [4.78, 5) is 0. The van der Waals surface area contributed by atoms with E-state index < -0.39 is 0 Å². The number of phenols is 1. The average Bonchev–Trinajstić information content (AvgIpc) is 2.42. The first-order valence-corrected chi connectivity index (χ1v) is 8.02. The summed E-state index contributed by atoms with van der Waals surface area (Å²) in [6.07, 6.45) is 4.31. The van der Waals surface area contributed by atoms with Crippen molar-refractivity contribution in [2.24, 2.45) is 11.3 Å². The van der Waals surface area contributed by atoms with Crippen LogP contribution in [0.15, 0.2) is 12.1 Å². The predicted octanol–water partition coefficient (Wildman–Crippen LogP) is 3.89. The van der Waals surface area contributed by atoms with Crippen molar-refractivity contribution in [3.63, 3.8) is 0 Å². The predicted molar refractivity (Wildman–Crippen MR) is 84.5 cm³/mol. The molecule has 1 aromatic carbocycles. The molecule has 1 aromatic rings. The summed E-state index contributed by atoms with van der Waals surface area (Å²) in [6.45, 7) is 7.00. The van der Waals surface area contributed by atoms with Crippen molar-refractivity contribution in [2.75, 3.05) is 13.9 Å². The number of aromatic hydroxyl groups is 1. The minimum atomic E-state index is -0.166. The Bertz CT molecular complexity index is 566. The molecule has 0 bridgehead atoms. The molecule has 0 unspecified atom stereocenters. The summed E-state index contributed by atoms with van der Waals surface area (Å²) in [5.74, 6) is 2.00. The highest BCUT2D eigenvalue weighted by Gasteiger charge is 2.51. The molecule has 1 N–H and O–H groups in total. The zero-order valence-corrected chi connectivity index (χ0v) is 13.9. The van der Waals surface area contributed by atoms with Gasteiger partial charge in [-0.15, -0.1) is 0 Å². The summed E-state index contributed by atoms with van der Waals surface area (Å²) >= 11 is 0. The second kappa shape index (κ2) is 5.34. The molecule has 1 saturated carbocycles. The summed E-state index contributed by atoms with van der Waals surface area (Å²) in [5.41, 5.74) is 0.964. The maximum atomic E-state index is 10.4. The lowest BCUT2D eigenvalue weighted by molar-refractivity contribution is -0.0821. The fourth-order valence-corrected chi connectivity index (χ4v) is 4.25. The van der Waals surface area contributed by atoms with E-state index in [1.54, 1.807) is 13.2 Å². The number of fused-ring (bicyclic) bond motifs is 2. The molecule has 1 fully saturated rings. The van der Waals surface area contributed by atoms with Crippen LogP contribution in [0, 0.1) is 11.3 Å². The molecule has 4 heteroatoms. The van der Waals surface area contributed by atoms with Gasteiger partial charge in [-0.2, -0.15) is 0 Å². The van der Waals surface area contributed by atoms with E-state index >= 15 is 0 Å². The van der Waals surface area contributed by atoms with Gasteiger partial charge in [-0.1, -0.05) is 13.8 Å². The van der Waals surface area contributed by atoms with Crippen molar-refractivity contribution in [3.8, 4) is 17.2 Å². The highest BCUT2D eigenvalue weighted by atomic mass is 16.7. The third-order valence-corrected chi connectivity index (χ3v) is 5.43. The largest absolute Gasteiger partial charge is 0.507 e. The monoisotopic (exact) mass is 306 g/mol. The van der Waals surface area contributed by atoms with Crippen LogP contribution in [-0.2, 0) is 11.2 Å². The fourth-order valence-electron chi connectivity index (χ4n) is 4.25. The van der Waals surface area contributed by atoms with Crippen molar-refractivity contribution in [1.82, 2.24) is 0 Å².